The number of fused-ring (bicyclic) bond motifs is 1. The van der Waals surface area contributed by atoms with Gasteiger partial charge in [-0.3, -0.25) is 0 Å². The van der Waals surface area contributed by atoms with Gasteiger partial charge in [0.05, 0.1) is 11.0 Å². The van der Waals surface area contributed by atoms with Crippen molar-refractivity contribution in [1.82, 2.24) is 9.55 Å². The highest BCUT2D eigenvalue weighted by atomic mass is 32.1. The van der Waals surface area contributed by atoms with Gasteiger partial charge in [0.1, 0.15) is 5.82 Å². The maximum atomic E-state index is 4.62. The monoisotopic (exact) mass is 262 g/mol. The predicted octanol–water partition coefficient (Wildman–Crippen LogP) is 3.94. The van der Waals surface area contributed by atoms with Crippen LogP contribution in [0.15, 0.2) is 24.3 Å². The lowest BCUT2D eigenvalue weighted by molar-refractivity contribution is 0.239. The van der Waals surface area contributed by atoms with Gasteiger partial charge in [0.2, 0.25) is 0 Å². The molecule has 18 heavy (non-hydrogen) atoms. The summed E-state index contributed by atoms with van der Waals surface area (Å²) in [6.07, 6.45) is 0. The van der Waals surface area contributed by atoms with Crippen LogP contribution in [0.2, 0.25) is 0 Å². The molecule has 1 aromatic carbocycles. The van der Waals surface area contributed by atoms with E-state index in [4.69, 9.17) is 0 Å². The van der Waals surface area contributed by atoms with E-state index in [0.29, 0.717) is 5.92 Å². The molecule has 0 saturated carbocycles. The Labute approximate surface area is 115 Å². The van der Waals surface area contributed by atoms with Crippen molar-refractivity contribution < 1.29 is 0 Å². The summed E-state index contributed by atoms with van der Waals surface area (Å²) >= 11 is 4.51. The highest BCUT2D eigenvalue weighted by Gasteiger charge is 2.24. The molecule has 2 rings (SSSR count). The molecule has 2 nitrogen and oxygen atoms in total. The van der Waals surface area contributed by atoms with Crippen LogP contribution < -0.4 is 0 Å². The summed E-state index contributed by atoms with van der Waals surface area (Å²) in [6, 6.07) is 8.34. The third-order valence-corrected chi connectivity index (χ3v) is 4.13. The van der Waals surface area contributed by atoms with Crippen molar-refractivity contribution in [2.45, 2.75) is 34.2 Å². The van der Waals surface area contributed by atoms with Crippen LogP contribution in [-0.4, -0.2) is 15.3 Å². The van der Waals surface area contributed by atoms with E-state index in [0.717, 1.165) is 23.6 Å². The second kappa shape index (κ2) is 4.96. The number of hydrogen-bond acceptors (Lipinski definition) is 2. The largest absolute Gasteiger partial charge is 0.328 e. The van der Waals surface area contributed by atoms with Gasteiger partial charge in [-0.2, -0.15) is 12.6 Å². The molecule has 0 aliphatic carbocycles. The van der Waals surface area contributed by atoms with Gasteiger partial charge in [-0.1, -0.05) is 32.9 Å². The van der Waals surface area contributed by atoms with Crippen LogP contribution in [0.25, 0.3) is 11.0 Å². The fourth-order valence-corrected chi connectivity index (χ4v) is 2.92. The number of thiol groups is 1. The molecule has 1 unspecified atom stereocenters. The maximum Gasteiger partial charge on any atom is 0.106 e. The first-order valence-corrected chi connectivity index (χ1v) is 7.09. The number of imidazole rings is 1. The number of aromatic nitrogens is 2. The van der Waals surface area contributed by atoms with Crippen LogP contribution in [0.4, 0.5) is 0 Å². The first kappa shape index (κ1) is 13.5. The van der Waals surface area contributed by atoms with Gasteiger partial charge in [-0.05, 0) is 36.1 Å². The zero-order valence-corrected chi connectivity index (χ0v) is 12.5. The van der Waals surface area contributed by atoms with Gasteiger partial charge in [-0.15, -0.1) is 0 Å². The van der Waals surface area contributed by atoms with Crippen LogP contribution in [0.1, 0.15) is 26.6 Å². The summed E-state index contributed by atoms with van der Waals surface area (Å²) in [6.45, 7) is 9.91. The molecule has 3 heteroatoms. The van der Waals surface area contributed by atoms with Crippen molar-refractivity contribution in [3.05, 3.63) is 30.1 Å². The number of benzene rings is 1. The van der Waals surface area contributed by atoms with E-state index < -0.39 is 0 Å². The molecule has 0 bridgehead atoms. The number of para-hydroxylation sites is 2. The normalized spacial score (nSPS) is 14.1. The number of aryl methyl sites for hydroxylation is 1. The van der Waals surface area contributed by atoms with E-state index in [1.165, 1.54) is 5.52 Å². The molecule has 0 aliphatic rings. The Kier molecular flexibility index (Phi) is 3.71. The molecule has 0 radical (unpaired) electrons. The standard InChI is InChI=1S/C15H22N2S/c1-11-16-13-7-5-6-8-14(13)17(11)9-12(10-18)15(2,3)4/h5-8,12,18H,9-10H2,1-4H3. The SMILES string of the molecule is Cc1nc2ccccc2n1CC(CS)C(C)(C)C. The molecule has 0 fully saturated rings. The van der Waals surface area contributed by atoms with E-state index in [2.05, 4.69) is 68.1 Å². The van der Waals surface area contributed by atoms with Crippen LogP contribution in [0.3, 0.4) is 0 Å². The van der Waals surface area contributed by atoms with Crippen molar-refractivity contribution in [2.75, 3.05) is 5.75 Å². The highest BCUT2D eigenvalue weighted by molar-refractivity contribution is 7.80. The third-order valence-electron chi connectivity index (χ3n) is 3.69. The fraction of sp³-hybridized carbons (Fsp3) is 0.533. The Morgan fingerprint density at radius 1 is 1.28 bits per heavy atom. The molecule has 98 valence electrons. The summed E-state index contributed by atoms with van der Waals surface area (Å²) in [4.78, 5) is 4.62. The molecule has 0 N–H and O–H groups in total. The van der Waals surface area contributed by atoms with Crippen LogP contribution in [0, 0.1) is 18.3 Å². The summed E-state index contributed by atoms with van der Waals surface area (Å²) in [5, 5.41) is 0. The van der Waals surface area contributed by atoms with Gasteiger partial charge < -0.3 is 4.57 Å². The topological polar surface area (TPSA) is 17.8 Å². The lowest BCUT2D eigenvalue weighted by atomic mass is 9.82. The zero-order chi connectivity index (χ0) is 13.3. The van der Waals surface area contributed by atoms with Crippen molar-refractivity contribution in [1.29, 1.82) is 0 Å². The first-order chi connectivity index (χ1) is 8.43. The summed E-state index contributed by atoms with van der Waals surface area (Å²) in [7, 11) is 0. The van der Waals surface area contributed by atoms with Crippen molar-refractivity contribution in [3.8, 4) is 0 Å². The number of rotatable bonds is 3. The van der Waals surface area contributed by atoms with Crippen molar-refractivity contribution >= 4 is 23.7 Å². The minimum atomic E-state index is 0.263. The number of hydrogen-bond donors (Lipinski definition) is 1. The molecule has 1 atom stereocenters. The third kappa shape index (κ3) is 2.56. The first-order valence-electron chi connectivity index (χ1n) is 6.46. The molecule has 1 heterocycles. The van der Waals surface area contributed by atoms with Gasteiger partial charge in [0.15, 0.2) is 0 Å². The van der Waals surface area contributed by atoms with E-state index in [-0.39, 0.29) is 5.41 Å². The van der Waals surface area contributed by atoms with Gasteiger partial charge >= 0.3 is 0 Å². The summed E-state index contributed by atoms with van der Waals surface area (Å²) in [5.41, 5.74) is 2.58. The van der Waals surface area contributed by atoms with Crippen LogP contribution in [-0.2, 0) is 6.54 Å². The lowest BCUT2D eigenvalue weighted by Crippen LogP contribution is -2.27. The second-order valence-electron chi connectivity index (χ2n) is 6.00. The molecule has 1 aromatic heterocycles. The highest BCUT2D eigenvalue weighted by Crippen LogP contribution is 2.30. The molecule has 2 aromatic rings. The predicted molar refractivity (Wildman–Crippen MR) is 81.3 cm³/mol. The molecule has 0 amide bonds. The number of nitrogens with zero attached hydrogens (tertiary/aromatic N) is 2. The second-order valence-corrected chi connectivity index (χ2v) is 6.37. The van der Waals surface area contributed by atoms with Gasteiger partial charge in [0, 0.05) is 6.54 Å². The zero-order valence-electron chi connectivity index (χ0n) is 11.6. The molecule has 0 aliphatic heterocycles. The molecular weight excluding hydrogens is 240 g/mol. The minimum absolute atomic E-state index is 0.263. The van der Waals surface area contributed by atoms with E-state index in [9.17, 15) is 0 Å². The van der Waals surface area contributed by atoms with Gasteiger partial charge in [-0.25, -0.2) is 4.98 Å². The van der Waals surface area contributed by atoms with Crippen LogP contribution in [0.5, 0.6) is 0 Å². The molecule has 0 saturated heterocycles. The molecular formula is C15H22N2S. The fourth-order valence-electron chi connectivity index (χ4n) is 2.25. The van der Waals surface area contributed by atoms with Crippen molar-refractivity contribution in [2.24, 2.45) is 11.3 Å². The van der Waals surface area contributed by atoms with E-state index >= 15 is 0 Å². The quantitative estimate of drug-likeness (QED) is 0.830. The average molecular weight is 262 g/mol. The Bertz CT molecular complexity index is 537. The Hall–Kier alpha value is -0.960. The van der Waals surface area contributed by atoms with E-state index in [1.54, 1.807) is 0 Å². The van der Waals surface area contributed by atoms with Gasteiger partial charge in [0.25, 0.3) is 0 Å². The van der Waals surface area contributed by atoms with E-state index in [1.807, 2.05) is 6.07 Å². The Balaban J connectivity index is 2.39. The average Bonchev–Trinajstić information content (AvgIpc) is 2.60. The minimum Gasteiger partial charge on any atom is -0.328 e. The molecule has 0 spiro atoms. The summed E-state index contributed by atoms with van der Waals surface area (Å²) < 4.78 is 2.32. The Morgan fingerprint density at radius 2 is 1.94 bits per heavy atom. The lowest BCUT2D eigenvalue weighted by Gasteiger charge is -2.30. The maximum absolute atomic E-state index is 4.62. The Morgan fingerprint density at radius 3 is 2.56 bits per heavy atom. The van der Waals surface area contributed by atoms with Crippen LogP contribution >= 0.6 is 12.6 Å². The van der Waals surface area contributed by atoms with Crippen molar-refractivity contribution in [3.63, 3.8) is 0 Å². The summed E-state index contributed by atoms with van der Waals surface area (Å²) in [5.74, 6) is 2.53. The smallest absolute Gasteiger partial charge is 0.106 e.